The van der Waals surface area contributed by atoms with Crippen LogP contribution in [0.3, 0.4) is 0 Å². The van der Waals surface area contributed by atoms with Crippen molar-refractivity contribution < 1.29 is 137 Å². The van der Waals surface area contributed by atoms with Gasteiger partial charge in [-0.15, -0.1) is 11.3 Å². The maximum atomic E-state index is 14.2. The Morgan fingerprint density at radius 2 is 1.84 bits per heavy atom. The van der Waals surface area contributed by atoms with Crippen molar-refractivity contribution >= 4 is 29.1 Å². The Morgan fingerprint density at radius 3 is 2.37 bits per heavy atom. The molecule has 10 nitrogen and oxygen atoms in total. The van der Waals surface area contributed by atoms with E-state index in [0.29, 0.717) is 16.9 Å². The van der Waals surface area contributed by atoms with Crippen molar-refractivity contribution in [1.82, 2.24) is 0 Å². The van der Waals surface area contributed by atoms with Gasteiger partial charge in [0.25, 0.3) is 0 Å². The fraction of sp³-hybridized carbons (Fsp3) is 0.667. The number of ketones is 1. The molecule has 5 rings (SSSR count). The third kappa shape index (κ3) is 5.89. The predicted molar refractivity (Wildman–Crippen MR) is 145 cm³/mol. The second-order valence-electron chi connectivity index (χ2n) is 12.8. The van der Waals surface area contributed by atoms with Gasteiger partial charge in [-0.2, -0.15) is 0 Å². The van der Waals surface area contributed by atoms with Gasteiger partial charge >= 0.3 is 11.9 Å². The van der Waals surface area contributed by atoms with E-state index in [4.69, 9.17) is 21.1 Å². The molecule has 0 spiro atoms. The number of hydrogen-bond acceptors (Lipinski definition) is 11. The van der Waals surface area contributed by atoms with Crippen LogP contribution < -0.4 is 0 Å². The number of Topliss-reactive ketones (excluding diaryl/α,β-unsaturated/α-hetero) is 1. The van der Waals surface area contributed by atoms with Crippen LogP contribution >= 0.6 is 11.3 Å². The standard InChI is InChI=1S/C30H38O10S.2Ac/c1-14-17(40-26(35)21(32)15(2)18-8-7-11-41-18)12-30(37)25(39-16(3)31)23-28(6,10-9-19-29(23,36)13-38-19)24(34)22(33)20(14)27(30,4)5;;/h2,7-8,11,15,17,19,21-23,25,32-33,36-37H,9-10,12-13H2,1,3-6H3;;/t15-,17-,19+,21+,22+,23-,25-,28+,29-,30+;;/m0../s1. The molecule has 10 atom stereocenters. The first-order valence-electron chi connectivity index (χ1n) is 13.9. The predicted octanol–water partition coefficient (Wildman–Crippen LogP) is 1.71. The summed E-state index contributed by atoms with van der Waals surface area (Å²) in [6.07, 6.45) is -6.45. The number of aliphatic hydroxyl groups excluding tert-OH is 2. The van der Waals surface area contributed by atoms with Crippen LogP contribution in [0.4, 0.5) is 0 Å². The summed E-state index contributed by atoms with van der Waals surface area (Å²) in [7, 11) is 0. The van der Waals surface area contributed by atoms with Gasteiger partial charge < -0.3 is 34.6 Å². The van der Waals surface area contributed by atoms with E-state index in [9.17, 15) is 34.8 Å². The first-order valence-corrected chi connectivity index (χ1v) is 14.7. The molecule has 43 heavy (non-hydrogen) atoms. The number of carbonyl (C=O) groups excluding carboxylic acids is 3. The zero-order valence-electron chi connectivity index (χ0n) is 25.0. The minimum absolute atomic E-state index is 0. The summed E-state index contributed by atoms with van der Waals surface area (Å²) >= 11 is 1.27. The molecule has 4 radical (unpaired) electrons. The molecule has 1 aromatic heterocycles. The van der Waals surface area contributed by atoms with E-state index >= 15 is 0 Å². The molecule has 3 fully saturated rings. The van der Waals surface area contributed by atoms with Crippen LogP contribution in [0.15, 0.2) is 28.7 Å². The van der Waals surface area contributed by atoms with Crippen LogP contribution in [0, 0.1) is 112 Å². The largest absolute Gasteiger partial charge is 0.459 e. The average molecular weight is 1040 g/mol. The SMILES string of the molecule is [Ac].[Ac].[CH][C@@H](c1cccs1)[C@@H](O)C(=O)O[C@H]1C[C@@]2(O)[C@@H](OC(C)=O)[C@@H]3[C@]4(O)CO[C@@H]4CC[C@@]3(C)C(=O)[C@H](O)C(=C1C)C2(C)C. The van der Waals surface area contributed by atoms with Crippen LogP contribution in [0.25, 0.3) is 0 Å². The van der Waals surface area contributed by atoms with Crippen LogP contribution in [-0.2, 0) is 28.6 Å². The van der Waals surface area contributed by atoms with Crippen molar-refractivity contribution in [1.29, 1.82) is 0 Å². The molecular weight excluding hydrogens is 1010 g/mol. The van der Waals surface area contributed by atoms with Crippen LogP contribution in [0.5, 0.6) is 0 Å². The molecule has 4 aliphatic rings. The van der Waals surface area contributed by atoms with E-state index in [1.165, 1.54) is 18.3 Å². The fourth-order valence-corrected chi connectivity index (χ4v) is 8.57. The van der Waals surface area contributed by atoms with Gasteiger partial charge in [0, 0.05) is 129 Å². The number of thiophene rings is 1. The molecule has 0 aromatic carbocycles. The minimum Gasteiger partial charge on any atom is -0.459 e. The summed E-state index contributed by atoms with van der Waals surface area (Å²) in [6, 6.07) is 3.41. The number of esters is 2. The number of hydrogen-bond donors (Lipinski definition) is 4. The Hall–Kier alpha value is 0.733. The van der Waals surface area contributed by atoms with Gasteiger partial charge in [0.1, 0.15) is 29.5 Å². The van der Waals surface area contributed by atoms with Crippen molar-refractivity contribution in [2.75, 3.05) is 6.61 Å². The second kappa shape index (κ2) is 13.3. The van der Waals surface area contributed by atoms with E-state index < -0.39 is 82.1 Å². The Kier molecular flexibility index (Phi) is 11.8. The maximum Gasteiger partial charge on any atom is 0.336 e. The van der Waals surface area contributed by atoms with E-state index in [1.54, 1.807) is 45.2 Å². The molecule has 2 heterocycles. The molecule has 1 saturated heterocycles. The Labute approximate surface area is 327 Å². The summed E-state index contributed by atoms with van der Waals surface area (Å²) in [4.78, 5) is 40.4. The maximum absolute atomic E-state index is 14.2. The second-order valence-corrected chi connectivity index (χ2v) is 13.8. The summed E-state index contributed by atoms with van der Waals surface area (Å²) in [5.74, 6) is -4.56. The van der Waals surface area contributed by atoms with Crippen molar-refractivity contribution in [3.63, 3.8) is 0 Å². The average Bonchev–Trinajstić information content (AvgIpc) is 3.43. The zero-order valence-corrected chi connectivity index (χ0v) is 35.3. The molecule has 0 amide bonds. The van der Waals surface area contributed by atoms with E-state index in [-0.39, 0.29) is 113 Å². The zero-order chi connectivity index (χ0) is 30.3. The smallest absolute Gasteiger partial charge is 0.336 e. The van der Waals surface area contributed by atoms with Gasteiger partial charge in [0.05, 0.1) is 12.7 Å². The Bertz CT molecular complexity index is 1280. The molecule has 13 heteroatoms. The van der Waals surface area contributed by atoms with E-state index in [0.717, 1.165) is 0 Å². The molecule has 2 bridgehead atoms. The third-order valence-corrected chi connectivity index (χ3v) is 11.2. The van der Waals surface area contributed by atoms with Crippen molar-refractivity contribution in [3.8, 4) is 0 Å². The third-order valence-electron chi connectivity index (χ3n) is 10.2. The number of ether oxygens (including phenoxy) is 3. The van der Waals surface area contributed by atoms with Gasteiger partial charge in [-0.3, -0.25) is 9.59 Å². The fourth-order valence-electron chi connectivity index (χ4n) is 7.81. The van der Waals surface area contributed by atoms with Crippen molar-refractivity contribution in [2.24, 2.45) is 16.7 Å². The minimum atomic E-state index is -2.03. The molecule has 1 aliphatic heterocycles. The molecule has 3 aliphatic carbocycles. The normalized spacial score (nSPS) is 39.2. The summed E-state index contributed by atoms with van der Waals surface area (Å²) in [5.41, 5.74) is -5.91. The molecule has 0 unspecified atom stereocenters. The first-order chi connectivity index (χ1) is 19.0. The van der Waals surface area contributed by atoms with Crippen LogP contribution in [0.1, 0.15) is 64.7 Å². The van der Waals surface area contributed by atoms with E-state index in [2.05, 4.69) is 0 Å². The Balaban J connectivity index is 0.00000253. The van der Waals surface area contributed by atoms with Crippen molar-refractivity contribution in [2.45, 2.75) is 102 Å². The Morgan fingerprint density at radius 1 is 1.19 bits per heavy atom. The quantitative estimate of drug-likeness (QED) is 0.253. The summed E-state index contributed by atoms with van der Waals surface area (Å²) < 4.78 is 17.2. The van der Waals surface area contributed by atoms with Gasteiger partial charge in [0.15, 0.2) is 11.9 Å². The molecule has 230 valence electrons. The van der Waals surface area contributed by atoms with E-state index in [1.807, 2.05) is 0 Å². The molecule has 2 saturated carbocycles. The van der Waals surface area contributed by atoms with Crippen LogP contribution in [0.2, 0.25) is 0 Å². The van der Waals surface area contributed by atoms with Gasteiger partial charge in [-0.05, 0) is 49.3 Å². The number of carbonyl (C=O) groups is 3. The monoisotopic (exact) mass is 1040 g/mol. The van der Waals surface area contributed by atoms with Crippen LogP contribution in [-0.4, -0.2) is 86.5 Å². The van der Waals surface area contributed by atoms with Gasteiger partial charge in [0.2, 0.25) is 0 Å². The van der Waals surface area contributed by atoms with Crippen molar-refractivity contribution in [3.05, 3.63) is 40.5 Å². The topological polar surface area (TPSA) is 160 Å². The summed E-state index contributed by atoms with van der Waals surface area (Å²) in [5, 5.41) is 48.7. The first kappa shape index (κ1) is 38.2. The van der Waals surface area contributed by atoms with Gasteiger partial charge in [-0.25, -0.2) is 4.79 Å². The van der Waals surface area contributed by atoms with Gasteiger partial charge in [-0.1, -0.05) is 26.8 Å². The molecular formula is C30H38Ac2O10S. The number of rotatable bonds is 5. The number of aliphatic hydroxyl groups is 4. The summed E-state index contributed by atoms with van der Waals surface area (Å²) in [6.45, 7) is 13.6. The number of fused-ring (bicyclic) bond motifs is 5. The molecule has 1 aromatic rings. The molecule has 4 N–H and O–H groups in total.